The Morgan fingerprint density at radius 1 is 1.00 bits per heavy atom. The van der Waals surface area contributed by atoms with E-state index in [0.717, 1.165) is 32.4 Å². The first-order valence-corrected chi connectivity index (χ1v) is 12.9. The molecule has 4 atom stereocenters. The lowest BCUT2D eigenvalue weighted by Crippen LogP contribution is -2.59. The van der Waals surface area contributed by atoms with Crippen LogP contribution < -0.4 is 10.2 Å². The zero-order chi connectivity index (χ0) is 22.7. The Morgan fingerprint density at radius 2 is 1.66 bits per heavy atom. The maximum Gasteiger partial charge on any atom is 0.235 e. The van der Waals surface area contributed by atoms with E-state index in [4.69, 9.17) is 0 Å². The highest BCUT2D eigenvalue weighted by Gasteiger charge is 2.68. The Hall–Kier alpha value is -1.88. The van der Waals surface area contributed by atoms with Crippen molar-refractivity contribution in [2.75, 3.05) is 25.0 Å². The van der Waals surface area contributed by atoms with E-state index in [1.165, 1.54) is 49.1 Å². The second kappa shape index (κ2) is 9.94. The SMILES string of the molecule is CCCCCCCCC(C)C1C2C(=O)N(C)C(=O)C2C2(CCNCC2)N1c1ccccc1. The van der Waals surface area contributed by atoms with Crippen molar-refractivity contribution in [2.24, 2.45) is 17.8 Å². The van der Waals surface area contributed by atoms with Crippen LogP contribution in [0.2, 0.25) is 0 Å². The van der Waals surface area contributed by atoms with Gasteiger partial charge in [0.1, 0.15) is 0 Å². The summed E-state index contributed by atoms with van der Waals surface area (Å²) in [5.74, 6) is -0.000156. The minimum absolute atomic E-state index is 0.0381. The standard InChI is InChI=1S/C27H41N3O2/c1-4-5-6-7-8-10-13-20(2)24-22-23(26(32)29(3)25(22)31)27(16-18-28-19-17-27)30(24)21-14-11-9-12-15-21/h9,11-12,14-15,20,22-24,28H,4-8,10,13,16-19H2,1-3H3. The van der Waals surface area contributed by atoms with Gasteiger partial charge in [0, 0.05) is 18.8 Å². The van der Waals surface area contributed by atoms with Gasteiger partial charge in [-0.25, -0.2) is 0 Å². The van der Waals surface area contributed by atoms with E-state index in [-0.39, 0.29) is 35.2 Å². The van der Waals surface area contributed by atoms with E-state index in [9.17, 15) is 9.59 Å². The zero-order valence-corrected chi connectivity index (χ0v) is 20.2. The summed E-state index contributed by atoms with van der Waals surface area (Å²) < 4.78 is 0. The van der Waals surface area contributed by atoms with Crippen LogP contribution in [-0.4, -0.2) is 48.4 Å². The van der Waals surface area contributed by atoms with Gasteiger partial charge in [0.05, 0.1) is 17.4 Å². The fourth-order valence-corrected chi connectivity index (χ4v) is 6.81. The number of piperidine rings is 1. The summed E-state index contributed by atoms with van der Waals surface area (Å²) in [6.45, 7) is 6.37. The molecule has 0 aliphatic carbocycles. The highest BCUT2D eigenvalue weighted by atomic mass is 16.2. The van der Waals surface area contributed by atoms with E-state index in [1.54, 1.807) is 7.05 Å². The van der Waals surface area contributed by atoms with E-state index in [2.05, 4.69) is 48.3 Å². The molecule has 1 N–H and O–H groups in total. The Morgan fingerprint density at radius 3 is 2.34 bits per heavy atom. The molecule has 1 aromatic rings. The lowest BCUT2D eigenvalue weighted by atomic mass is 9.73. The van der Waals surface area contributed by atoms with E-state index in [0.29, 0.717) is 5.92 Å². The summed E-state index contributed by atoms with van der Waals surface area (Å²) in [5, 5.41) is 3.49. The number of benzene rings is 1. The molecular formula is C27H41N3O2. The molecule has 3 aliphatic heterocycles. The van der Waals surface area contributed by atoms with Gasteiger partial charge in [-0.1, -0.05) is 70.6 Å². The first-order chi connectivity index (χ1) is 15.5. The number of unbranched alkanes of at least 4 members (excludes halogenated alkanes) is 5. The fourth-order valence-electron chi connectivity index (χ4n) is 6.81. The van der Waals surface area contributed by atoms with Crippen molar-refractivity contribution in [3.63, 3.8) is 0 Å². The average Bonchev–Trinajstić information content (AvgIpc) is 3.22. The number of imide groups is 1. The number of amides is 2. The third-order valence-electron chi connectivity index (χ3n) is 8.40. The van der Waals surface area contributed by atoms with Crippen LogP contribution >= 0.6 is 0 Å². The predicted molar refractivity (Wildman–Crippen MR) is 129 cm³/mol. The van der Waals surface area contributed by atoms with E-state index >= 15 is 0 Å². The molecular weight excluding hydrogens is 398 g/mol. The minimum Gasteiger partial charge on any atom is -0.361 e. The smallest absolute Gasteiger partial charge is 0.235 e. The van der Waals surface area contributed by atoms with Gasteiger partial charge in [0.2, 0.25) is 11.8 Å². The topological polar surface area (TPSA) is 52.7 Å². The molecule has 3 aliphatic rings. The number of nitrogens with zero attached hydrogens (tertiary/aromatic N) is 2. The molecule has 176 valence electrons. The largest absolute Gasteiger partial charge is 0.361 e. The van der Waals surface area contributed by atoms with Gasteiger partial charge in [-0.05, 0) is 50.4 Å². The molecule has 5 heteroatoms. The molecule has 3 fully saturated rings. The Bertz CT molecular complexity index is 789. The highest BCUT2D eigenvalue weighted by Crippen LogP contribution is 2.55. The number of likely N-dealkylation sites (tertiary alicyclic amines) is 1. The van der Waals surface area contributed by atoms with E-state index in [1.807, 2.05) is 6.07 Å². The van der Waals surface area contributed by atoms with Crippen molar-refractivity contribution in [1.29, 1.82) is 0 Å². The van der Waals surface area contributed by atoms with Crippen molar-refractivity contribution in [3.8, 4) is 0 Å². The zero-order valence-electron chi connectivity index (χ0n) is 20.2. The average molecular weight is 440 g/mol. The van der Waals surface area contributed by atoms with Crippen LogP contribution in [0.15, 0.2) is 30.3 Å². The van der Waals surface area contributed by atoms with Gasteiger partial charge >= 0.3 is 0 Å². The minimum atomic E-state index is -0.269. The normalized spacial score (nSPS) is 27.9. The number of carbonyl (C=O) groups is 2. The second-order valence-electron chi connectivity index (χ2n) is 10.3. The molecule has 4 unspecified atom stereocenters. The van der Waals surface area contributed by atoms with Crippen molar-refractivity contribution in [1.82, 2.24) is 10.2 Å². The number of rotatable bonds is 9. The summed E-state index contributed by atoms with van der Waals surface area (Å²) in [4.78, 5) is 30.8. The van der Waals surface area contributed by atoms with Crippen molar-refractivity contribution in [3.05, 3.63) is 30.3 Å². The lowest BCUT2D eigenvalue weighted by Gasteiger charge is -2.48. The first-order valence-electron chi connectivity index (χ1n) is 12.9. The summed E-state index contributed by atoms with van der Waals surface area (Å²) in [7, 11) is 1.69. The molecule has 0 aromatic heterocycles. The third-order valence-corrected chi connectivity index (χ3v) is 8.40. The molecule has 3 saturated heterocycles. The quantitative estimate of drug-likeness (QED) is 0.451. The van der Waals surface area contributed by atoms with Crippen LogP contribution in [0, 0.1) is 17.8 Å². The third kappa shape index (κ3) is 3.98. The molecule has 4 rings (SSSR count). The summed E-state index contributed by atoms with van der Waals surface area (Å²) in [5.41, 5.74) is 0.904. The number of fused-ring (bicyclic) bond motifs is 2. The van der Waals surface area contributed by atoms with Crippen LogP contribution in [0.4, 0.5) is 5.69 Å². The molecule has 2 amide bonds. The van der Waals surface area contributed by atoms with Crippen LogP contribution in [0.1, 0.15) is 71.6 Å². The first kappa shape index (κ1) is 23.3. The van der Waals surface area contributed by atoms with Gasteiger partial charge < -0.3 is 10.2 Å². The number of carbonyl (C=O) groups excluding carboxylic acids is 2. The summed E-state index contributed by atoms with van der Waals surface area (Å²) >= 11 is 0. The Kier molecular flexibility index (Phi) is 7.24. The van der Waals surface area contributed by atoms with E-state index < -0.39 is 0 Å². The number of nitrogens with one attached hydrogen (secondary N) is 1. The molecule has 1 spiro atoms. The molecule has 3 heterocycles. The Labute approximate surface area is 193 Å². The number of hydrogen-bond donors (Lipinski definition) is 1. The molecule has 1 aromatic carbocycles. The van der Waals surface area contributed by atoms with Gasteiger partial charge in [0.15, 0.2) is 0 Å². The van der Waals surface area contributed by atoms with Gasteiger partial charge in [-0.15, -0.1) is 0 Å². The van der Waals surface area contributed by atoms with Crippen LogP contribution in [-0.2, 0) is 9.59 Å². The Balaban J connectivity index is 1.65. The fraction of sp³-hybridized carbons (Fsp3) is 0.704. The second-order valence-corrected chi connectivity index (χ2v) is 10.3. The lowest BCUT2D eigenvalue weighted by molar-refractivity contribution is -0.139. The molecule has 0 bridgehead atoms. The number of anilines is 1. The molecule has 32 heavy (non-hydrogen) atoms. The summed E-state index contributed by atoms with van der Waals surface area (Å²) in [6.07, 6.45) is 10.6. The maximum atomic E-state index is 13.4. The highest BCUT2D eigenvalue weighted by molar-refractivity contribution is 6.07. The predicted octanol–water partition coefficient (Wildman–Crippen LogP) is 4.62. The van der Waals surface area contributed by atoms with Crippen LogP contribution in [0.3, 0.4) is 0 Å². The number of para-hydroxylation sites is 1. The molecule has 0 radical (unpaired) electrons. The van der Waals surface area contributed by atoms with Gasteiger partial charge in [0.25, 0.3) is 0 Å². The van der Waals surface area contributed by atoms with Gasteiger partial charge in [-0.3, -0.25) is 14.5 Å². The van der Waals surface area contributed by atoms with Crippen molar-refractivity contribution in [2.45, 2.75) is 83.2 Å². The van der Waals surface area contributed by atoms with Crippen LogP contribution in [0.5, 0.6) is 0 Å². The monoisotopic (exact) mass is 439 g/mol. The van der Waals surface area contributed by atoms with Crippen LogP contribution in [0.25, 0.3) is 0 Å². The molecule has 5 nitrogen and oxygen atoms in total. The van der Waals surface area contributed by atoms with Crippen molar-refractivity contribution >= 4 is 17.5 Å². The molecule has 0 saturated carbocycles. The number of hydrogen-bond acceptors (Lipinski definition) is 4. The summed E-state index contributed by atoms with van der Waals surface area (Å²) in [6, 6.07) is 10.7. The van der Waals surface area contributed by atoms with Crippen molar-refractivity contribution < 1.29 is 9.59 Å². The van der Waals surface area contributed by atoms with Gasteiger partial charge in [-0.2, -0.15) is 0 Å². The maximum absolute atomic E-state index is 13.4.